The first-order valence-corrected chi connectivity index (χ1v) is 7.81. The van der Waals surface area contributed by atoms with Crippen LogP contribution in [0.5, 0.6) is 11.5 Å². The Morgan fingerprint density at radius 2 is 1.64 bits per heavy atom. The fourth-order valence-corrected chi connectivity index (χ4v) is 3.19. The molecule has 5 nitrogen and oxygen atoms in total. The third-order valence-corrected chi connectivity index (χ3v) is 4.97. The number of hydrogen-bond acceptors (Lipinski definition) is 4. The lowest BCUT2D eigenvalue weighted by molar-refractivity contribution is 0.354. The summed E-state index contributed by atoms with van der Waals surface area (Å²) in [5, 5.41) is 0. The van der Waals surface area contributed by atoms with Crippen LogP contribution < -0.4 is 13.8 Å². The van der Waals surface area contributed by atoms with Crippen LogP contribution in [0.3, 0.4) is 0 Å². The van der Waals surface area contributed by atoms with Gasteiger partial charge >= 0.3 is 0 Å². The van der Waals surface area contributed by atoms with Gasteiger partial charge in [-0.25, -0.2) is 12.8 Å². The molecule has 0 atom stereocenters. The lowest BCUT2D eigenvalue weighted by Gasteiger charge is -2.20. The number of anilines is 1. The molecule has 118 valence electrons. The zero-order valence-electron chi connectivity index (χ0n) is 12.4. The molecule has 0 heterocycles. The van der Waals surface area contributed by atoms with Crippen molar-refractivity contribution < 1.29 is 22.3 Å². The van der Waals surface area contributed by atoms with Gasteiger partial charge in [0.25, 0.3) is 10.0 Å². The molecule has 0 spiro atoms. The van der Waals surface area contributed by atoms with E-state index in [1.54, 1.807) is 6.07 Å². The minimum Gasteiger partial charge on any atom is -0.493 e. The maximum atomic E-state index is 13.8. The third kappa shape index (κ3) is 2.85. The molecule has 0 aliphatic rings. The summed E-state index contributed by atoms with van der Waals surface area (Å²) < 4.78 is 50.1. The van der Waals surface area contributed by atoms with Crippen LogP contribution in [-0.4, -0.2) is 29.7 Å². The SMILES string of the molecule is COc1ccc(S(=O)(=O)N(C)c2ccccc2F)cc1OC. The van der Waals surface area contributed by atoms with Crippen LogP contribution >= 0.6 is 0 Å². The first kappa shape index (κ1) is 16.1. The van der Waals surface area contributed by atoms with Crippen LogP contribution in [0.2, 0.25) is 0 Å². The van der Waals surface area contributed by atoms with Crippen molar-refractivity contribution in [2.75, 3.05) is 25.6 Å². The largest absolute Gasteiger partial charge is 0.493 e. The molecule has 0 aliphatic heterocycles. The van der Waals surface area contributed by atoms with E-state index < -0.39 is 15.8 Å². The lowest BCUT2D eigenvalue weighted by Crippen LogP contribution is -2.27. The summed E-state index contributed by atoms with van der Waals surface area (Å²) in [4.78, 5) is -0.0177. The van der Waals surface area contributed by atoms with Crippen LogP contribution in [0.4, 0.5) is 10.1 Å². The van der Waals surface area contributed by atoms with Gasteiger partial charge in [0.1, 0.15) is 5.82 Å². The Labute approximate surface area is 128 Å². The molecule has 0 N–H and O–H groups in total. The van der Waals surface area contributed by atoms with Gasteiger partial charge in [-0.2, -0.15) is 0 Å². The molecule has 2 rings (SSSR count). The van der Waals surface area contributed by atoms with E-state index in [0.29, 0.717) is 5.75 Å². The van der Waals surface area contributed by atoms with Gasteiger partial charge in [0.2, 0.25) is 0 Å². The molecule has 2 aromatic carbocycles. The average Bonchev–Trinajstić information content (AvgIpc) is 2.53. The Bertz CT molecular complexity index is 777. The van der Waals surface area contributed by atoms with E-state index in [-0.39, 0.29) is 16.3 Å². The number of rotatable bonds is 5. The predicted molar refractivity (Wildman–Crippen MR) is 81.5 cm³/mol. The van der Waals surface area contributed by atoms with Crippen molar-refractivity contribution in [2.45, 2.75) is 4.90 Å². The second kappa shape index (κ2) is 6.23. The molecule has 0 fully saturated rings. The molecule has 0 saturated carbocycles. The lowest BCUT2D eigenvalue weighted by atomic mass is 10.3. The zero-order valence-corrected chi connectivity index (χ0v) is 13.2. The van der Waals surface area contributed by atoms with Gasteiger partial charge in [-0.3, -0.25) is 4.31 Å². The Hall–Kier alpha value is -2.28. The van der Waals surface area contributed by atoms with Crippen LogP contribution in [0.15, 0.2) is 47.4 Å². The number of para-hydroxylation sites is 1. The summed E-state index contributed by atoms with van der Waals surface area (Å²) in [6, 6.07) is 9.87. The van der Waals surface area contributed by atoms with E-state index in [1.807, 2.05) is 0 Å². The molecule has 2 aromatic rings. The highest BCUT2D eigenvalue weighted by atomic mass is 32.2. The predicted octanol–water partition coefficient (Wildman–Crippen LogP) is 2.67. The Kier molecular flexibility index (Phi) is 4.56. The van der Waals surface area contributed by atoms with Gasteiger partial charge in [0.05, 0.1) is 24.8 Å². The standard InChI is InChI=1S/C15H16FNO4S/c1-17(13-7-5-4-6-12(13)16)22(18,19)11-8-9-14(20-2)15(10-11)21-3/h4-10H,1-3H3. The fourth-order valence-electron chi connectivity index (χ4n) is 1.97. The van der Waals surface area contributed by atoms with Gasteiger partial charge in [-0.15, -0.1) is 0 Å². The molecule has 0 aromatic heterocycles. The van der Waals surface area contributed by atoms with Crippen LogP contribution in [-0.2, 0) is 10.0 Å². The number of sulfonamides is 1. The smallest absolute Gasteiger partial charge is 0.264 e. The molecule has 0 radical (unpaired) electrons. The first-order chi connectivity index (χ1) is 10.4. The number of ether oxygens (including phenoxy) is 2. The number of methoxy groups -OCH3 is 2. The van der Waals surface area contributed by atoms with Crippen molar-refractivity contribution in [2.24, 2.45) is 0 Å². The molecular weight excluding hydrogens is 309 g/mol. The van der Waals surface area contributed by atoms with E-state index in [9.17, 15) is 12.8 Å². The molecule has 0 bridgehead atoms. The normalized spacial score (nSPS) is 11.1. The molecular formula is C15H16FNO4S. The molecule has 0 saturated heterocycles. The van der Waals surface area contributed by atoms with Crippen molar-refractivity contribution in [1.82, 2.24) is 0 Å². The molecule has 22 heavy (non-hydrogen) atoms. The zero-order chi connectivity index (χ0) is 16.3. The van der Waals surface area contributed by atoms with E-state index in [2.05, 4.69) is 0 Å². The van der Waals surface area contributed by atoms with Gasteiger partial charge in [0, 0.05) is 13.1 Å². The third-order valence-electron chi connectivity index (χ3n) is 3.21. The van der Waals surface area contributed by atoms with Crippen molar-refractivity contribution in [3.05, 3.63) is 48.3 Å². The van der Waals surface area contributed by atoms with Gasteiger partial charge in [-0.05, 0) is 24.3 Å². The summed E-state index contributed by atoms with van der Waals surface area (Å²) in [6.07, 6.45) is 0. The minimum absolute atomic E-state index is 0.0177. The molecule has 0 aliphatic carbocycles. The average molecular weight is 325 g/mol. The van der Waals surface area contributed by atoms with Crippen LogP contribution in [0.25, 0.3) is 0 Å². The summed E-state index contributed by atoms with van der Waals surface area (Å²) in [7, 11) is 0.249. The van der Waals surface area contributed by atoms with Crippen LogP contribution in [0, 0.1) is 5.82 Å². The molecule has 7 heteroatoms. The summed E-state index contributed by atoms with van der Waals surface area (Å²) >= 11 is 0. The summed E-state index contributed by atoms with van der Waals surface area (Å²) in [6.45, 7) is 0. The van der Waals surface area contributed by atoms with Gasteiger partial charge in [-0.1, -0.05) is 12.1 Å². The highest BCUT2D eigenvalue weighted by Crippen LogP contribution is 2.32. The Balaban J connectivity index is 2.49. The summed E-state index contributed by atoms with van der Waals surface area (Å²) in [5.74, 6) is 0.0783. The van der Waals surface area contributed by atoms with Crippen molar-refractivity contribution in [3.63, 3.8) is 0 Å². The minimum atomic E-state index is -3.91. The monoisotopic (exact) mass is 325 g/mol. The maximum Gasteiger partial charge on any atom is 0.264 e. The van der Waals surface area contributed by atoms with Crippen molar-refractivity contribution in [3.8, 4) is 11.5 Å². The van der Waals surface area contributed by atoms with Crippen molar-refractivity contribution in [1.29, 1.82) is 0 Å². The quantitative estimate of drug-likeness (QED) is 0.848. The maximum absolute atomic E-state index is 13.8. The van der Waals surface area contributed by atoms with E-state index in [0.717, 1.165) is 4.31 Å². The number of nitrogens with zero attached hydrogens (tertiary/aromatic N) is 1. The van der Waals surface area contributed by atoms with Crippen molar-refractivity contribution >= 4 is 15.7 Å². The summed E-state index contributed by atoms with van der Waals surface area (Å²) in [5.41, 5.74) is -0.0303. The molecule has 0 unspecified atom stereocenters. The Morgan fingerprint density at radius 3 is 2.23 bits per heavy atom. The highest BCUT2D eigenvalue weighted by molar-refractivity contribution is 7.92. The number of halogens is 1. The molecule has 0 amide bonds. The topological polar surface area (TPSA) is 55.8 Å². The fraction of sp³-hybridized carbons (Fsp3) is 0.200. The van der Waals surface area contributed by atoms with E-state index in [1.165, 1.54) is 57.7 Å². The number of hydrogen-bond donors (Lipinski definition) is 0. The van der Waals surface area contributed by atoms with Gasteiger partial charge < -0.3 is 9.47 Å². The van der Waals surface area contributed by atoms with E-state index in [4.69, 9.17) is 9.47 Å². The second-order valence-electron chi connectivity index (χ2n) is 4.44. The van der Waals surface area contributed by atoms with Gasteiger partial charge in [0.15, 0.2) is 11.5 Å². The second-order valence-corrected chi connectivity index (χ2v) is 6.41. The first-order valence-electron chi connectivity index (χ1n) is 6.37. The highest BCUT2D eigenvalue weighted by Gasteiger charge is 2.24. The Morgan fingerprint density at radius 1 is 1.00 bits per heavy atom. The number of benzene rings is 2. The van der Waals surface area contributed by atoms with Crippen LogP contribution in [0.1, 0.15) is 0 Å². The van der Waals surface area contributed by atoms with E-state index >= 15 is 0 Å².